The molecule has 0 unspecified atom stereocenters. The fourth-order valence-corrected chi connectivity index (χ4v) is 3.84. The van der Waals surface area contributed by atoms with E-state index in [0.29, 0.717) is 5.69 Å². The van der Waals surface area contributed by atoms with Crippen LogP contribution in [0, 0.1) is 5.82 Å². The molecule has 7 heteroatoms. The predicted molar refractivity (Wildman–Crippen MR) is 84.8 cm³/mol. The first-order valence-electron chi connectivity index (χ1n) is 6.34. The highest BCUT2D eigenvalue weighted by molar-refractivity contribution is 7.93. The molecule has 0 atom stereocenters. The van der Waals surface area contributed by atoms with Crippen LogP contribution in [0.2, 0.25) is 0 Å². The van der Waals surface area contributed by atoms with Gasteiger partial charge in [0.1, 0.15) is 5.82 Å². The Hall–Kier alpha value is -2.25. The van der Waals surface area contributed by atoms with Crippen LogP contribution in [0.25, 0.3) is 11.3 Å². The number of benzene rings is 2. The SMILES string of the molecule is O=S(=O)(Nc1nc(-c2ccc(F)cc2)cs1)c1ccccc1. The normalized spacial score (nSPS) is 11.3. The highest BCUT2D eigenvalue weighted by Gasteiger charge is 2.15. The van der Waals surface area contributed by atoms with E-state index in [4.69, 9.17) is 0 Å². The fourth-order valence-electron chi connectivity index (χ4n) is 1.85. The van der Waals surface area contributed by atoms with Crippen LogP contribution in [-0.4, -0.2) is 13.4 Å². The average molecular weight is 334 g/mol. The van der Waals surface area contributed by atoms with Crippen LogP contribution >= 0.6 is 11.3 Å². The molecule has 0 aliphatic rings. The standard InChI is InChI=1S/C15H11FN2O2S2/c16-12-8-6-11(7-9-12)14-10-21-15(17-14)18-22(19,20)13-4-2-1-3-5-13/h1-10H,(H,17,18). The van der Waals surface area contributed by atoms with Gasteiger partial charge in [0.25, 0.3) is 10.0 Å². The number of halogens is 1. The van der Waals surface area contributed by atoms with Crippen molar-refractivity contribution in [3.8, 4) is 11.3 Å². The minimum Gasteiger partial charge on any atom is -0.255 e. The van der Waals surface area contributed by atoms with Crippen molar-refractivity contribution in [1.82, 2.24) is 4.98 Å². The molecule has 0 saturated carbocycles. The Bertz CT molecular complexity index is 875. The maximum atomic E-state index is 12.9. The molecule has 0 aliphatic heterocycles. The molecule has 0 aliphatic carbocycles. The zero-order chi connectivity index (χ0) is 15.6. The second kappa shape index (κ2) is 5.86. The molecule has 0 spiro atoms. The van der Waals surface area contributed by atoms with Crippen molar-refractivity contribution in [3.63, 3.8) is 0 Å². The lowest BCUT2D eigenvalue weighted by Crippen LogP contribution is -2.12. The van der Waals surface area contributed by atoms with E-state index in [2.05, 4.69) is 9.71 Å². The quantitative estimate of drug-likeness (QED) is 0.790. The van der Waals surface area contributed by atoms with Gasteiger partial charge in [0, 0.05) is 10.9 Å². The van der Waals surface area contributed by atoms with Gasteiger partial charge in [0.2, 0.25) is 0 Å². The van der Waals surface area contributed by atoms with E-state index >= 15 is 0 Å². The Morgan fingerprint density at radius 1 is 1.00 bits per heavy atom. The summed E-state index contributed by atoms with van der Waals surface area (Å²) in [7, 11) is -3.65. The van der Waals surface area contributed by atoms with E-state index in [-0.39, 0.29) is 15.8 Å². The zero-order valence-electron chi connectivity index (χ0n) is 11.2. The van der Waals surface area contributed by atoms with Gasteiger partial charge in [0.05, 0.1) is 10.6 Å². The Labute approximate surface area is 131 Å². The first kappa shape index (κ1) is 14.7. The third-order valence-electron chi connectivity index (χ3n) is 2.92. The van der Waals surface area contributed by atoms with Crippen molar-refractivity contribution in [2.45, 2.75) is 4.90 Å². The number of hydrogen-bond acceptors (Lipinski definition) is 4. The van der Waals surface area contributed by atoms with E-state index < -0.39 is 10.0 Å². The molecule has 1 aromatic heterocycles. The van der Waals surface area contributed by atoms with Crippen LogP contribution in [0.5, 0.6) is 0 Å². The lowest BCUT2D eigenvalue weighted by molar-refractivity contribution is 0.601. The summed E-state index contributed by atoms with van der Waals surface area (Å²) < 4.78 is 39.7. The largest absolute Gasteiger partial charge is 0.263 e. The van der Waals surface area contributed by atoms with Gasteiger partial charge in [-0.1, -0.05) is 18.2 Å². The van der Waals surface area contributed by atoms with Crippen molar-refractivity contribution in [2.24, 2.45) is 0 Å². The van der Waals surface area contributed by atoms with Gasteiger partial charge in [-0.15, -0.1) is 11.3 Å². The topological polar surface area (TPSA) is 59.1 Å². The minimum atomic E-state index is -3.65. The molecule has 1 heterocycles. The molecule has 0 radical (unpaired) electrons. The number of rotatable bonds is 4. The van der Waals surface area contributed by atoms with Crippen molar-refractivity contribution in [1.29, 1.82) is 0 Å². The van der Waals surface area contributed by atoms with E-state index in [1.165, 1.54) is 35.6 Å². The highest BCUT2D eigenvalue weighted by atomic mass is 32.2. The number of anilines is 1. The zero-order valence-corrected chi connectivity index (χ0v) is 12.9. The summed E-state index contributed by atoms with van der Waals surface area (Å²) in [5.74, 6) is -0.330. The van der Waals surface area contributed by atoms with Gasteiger partial charge in [-0.2, -0.15) is 0 Å². The maximum absolute atomic E-state index is 12.9. The number of aromatic nitrogens is 1. The van der Waals surface area contributed by atoms with Crippen molar-refractivity contribution < 1.29 is 12.8 Å². The summed E-state index contributed by atoms with van der Waals surface area (Å²) in [6.45, 7) is 0. The second-order valence-corrected chi connectivity index (χ2v) is 7.00. The van der Waals surface area contributed by atoms with Crippen LogP contribution in [0.4, 0.5) is 9.52 Å². The summed E-state index contributed by atoms with van der Waals surface area (Å²) in [6, 6.07) is 13.9. The van der Waals surface area contributed by atoms with Gasteiger partial charge >= 0.3 is 0 Å². The number of sulfonamides is 1. The molecule has 0 saturated heterocycles. The molecule has 0 amide bonds. The van der Waals surface area contributed by atoms with Gasteiger partial charge < -0.3 is 0 Å². The number of thiazole rings is 1. The molecular formula is C15H11FN2O2S2. The summed E-state index contributed by atoms with van der Waals surface area (Å²) >= 11 is 1.17. The van der Waals surface area contributed by atoms with Crippen LogP contribution < -0.4 is 4.72 Å². The average Bonchev–Trinajstić information content (AvgIpc) is 2.97. The Kier molecular flexibility index (Phi) is 3.91. The van der Waals surface area contributed by atoms with Crippen molar-refractivity contribution >= 4 is 26.5 Å². The van der Waals surface area contributed by atoms with Gasteiger partial charge in [-0.05, 0) is 36.4 Å². The van der Waals surface area contributed by atoms with E-state index in [0.717, 1.165) is 5.56 Å². The Morgan fingerprint density at radius 3 is 2.36 bits per heavy atom. The van der Waals surface area contributed by atoms with Crippen LogP contribution in [-0.2, 0) is 10.0 Å². The van der Waals surface area contributed by atoms with Crippen molar-refractivity contribution in [3.05, 3.63) is 65.8 Å². The highest BCUT2D eigenvalue weighted by Crippen LogP contribution is 2.26. The Balaban J connectivity index is 1.84. The molecule has 2 aromatic carbocycles. The predicted octanol–water partition coefficient (Wildman–Crippen LogP) is 3.75. The lowest BCUT2D eigenvalue weighted by atomic mass is 10.2. The first-order valence-corrected chi connectivity index (χ1v) is 8.70. The maximum Gasteiger partial charge on any atom is 0.263 e. The fraction of sp³-hybridized carbons (Fsp3) is 0. The monoisotopic (exact) mass is 334 g/mol. The molecule has 0 fully saturated rings. The number of nitrogens with zero attached hydrogens (tertiary/aromatic N) is 1. The van der Waals surface area contributed by atoms with E-state index in [1.54, 1.807) is 35.7 Å². The first-order chi connectivity index (χ1) is 10.5. The van der Waals surface area contributed by atoms with Crippen LogP contribution in [0.3, 0.4) is 0 Å². The Morgan fingerprint density at radius 2 is 1.68 bits per heavy atom. The number of nitrogens with one attached hydrogen (secondary N) is 1. The van der Waals surface area contributed by atoms with E-state index in [1.807, 2.05) is 0 Å². The molecule has 1 N–H and O–H groups in total. The third-order valence-corrected chi connectivity index (χ3v) is 5.16. The van der Waals surface area contributed by atoms with Gasteiger partial charge in [0.15, 0.2) is 5.13 Å². The van der Waals surface area contributed by atoms with Crippen molar-refractivity contribution in [2.75, 3.05) is 4.72 Å². The molecule has 3 rings (SSSR count). The number of hydrogen-bond donors (Lipinski definition) is 1. The summed E-state index contributed by atoms with van der Waals surface area (Å²) in [6.07, 6.45) is 0. The van der Waals surface area contributed by atoms with Gasteiger partial charge in [-0.3, -0.25) is 4.72 Å². The summed E-state index contributed by atoms with van der Waals surface area (Å²) in [4.78, 5) is 4.40. The van der Waals surface area contributed by atoms with E-state index in [9.17, 15) is 12.8 Å². The second-order valence-electron chi connectivity index (χ2n) is 4.46. The van der Waals surface area contributed by atoms with Gasteiger partial charge in [-0.25, -0.2) is 17.8 Å². The minimum absolute atomic E-state index is 0.175. The smallest absolute Gasteiger partial charge is 0.255 e. The molecule has 3 aromatic rings. The molecule has 0 bridgehead atoms. The summed E-state index contributed by atoms with van der Waals surface area (Å²) in [5.41, 5.74) is 1.32. The lowest BCUT2D eigenvalue weighted by Gasteiger charge is -2.04. The molecule has 22 heavy (non-hydrogen) atoms. The van der Waals surface area contributed by atoms with Crippen LogP contribution in [0.1, 0.15) is 0 Å². The molecule has 112 valence electrons. The molecular weight excluding hydrogens is 323 g/mol. The summed E-state index contributed by atoms with van der Waals surface area (Å²) in [5, 5.41) is 1.99. The van der Waals surface area contributed by atoms with Crippen LogP contribution in [0.15, 0.2) is 64.9 Å². The molecule has 4 nitrogen and oxygen atoms in total. The third kappa shape index (κ3) is 3.15.